The standard InChI is InChI=1S/C21H21FO6S/c1-3-27-19(23)21(20(24)28-4-2)17(14-9-8-10-15(22)13-14)18(21)29(25,26)16-11-6-5-7-12-16/h5-13,17-18H,3-4H2,1-2H3/t17-,18-/m1/s1. The van der Waals surface area contributed by atoms with E-state index in [2.05, 4.69) is 0 Å². The molecule has 0 radical (unpaired) electrons. The van der Waals surface area contributed by atoms with Gasteiger partial charge in [0, 0.05) is 5.92 Å². The molecular formula is C21H21FO6S. The molecule has 2 atom stereocenters. The second-order valence-electron chi connectivity index (χ2n) is 6.62. The third-order valence-electron chi connectivity index (χ3n) is 4.97. The highest BCUT2D eigenvalue weighted by molar-refractivity contribution is 7.92. The monoisotopic (exact) mass is 420 g/mol. The van der Waals surface area contributed by atoms with E-state index in [1.807, 2.05) is 0 Å². The van der Waals surface area contributed by atoms with Crippen LogP contribution in [0.25, 0.3) is 0 Å². The molecule has 0 heterocycles. The van der Waals surface area contributed by atoms with Gasteiger partial charge in [0.15, 0.2) is 15.3 Å². The molecule has 1 saturated carbocycles. The molecule has 0 amide bonds. The number of benzene rings is 2. The summed E-state index contributed by atoms with van der Waals surface area (Å²) >= 11 is 0. The average molecular weight is 420 g/mol. The van der Waals surface area contributed by atoms with Gasteiger partial charge in [0.25, 0.3) is 0 Å². The minimum atomic E-state index is -4.13. The first-order chi connectivity index (χ1) is 13.8. The number of hydrogen-bond donors (Lipinski definition) is 0. The summed E-state index contributed by atoms with van der Waals surface area (Å²) in [5.74, 6) is -3.71. The number of halogens is 1. The van der Waals surface area contributed by atoms with E-state index in [0.717, 1.165) is 6.07 Å². The Morgan fingerprint density at radius 3 is 2.07 bits per heavy atom. The van der Waals surface area contributed by atoms with Crippen LogP contribution in [0.2, 0.25) is 0 Å². The number of carbonyl (C=O) groups is 2. The highest BCUT2D eigenvalue weighted by Crippen LogP contribution is 2.65. The van der Waals surface area contributed by atoms with E-state index in [4.69, 9.17) is 9.47 Å². The molecule has 0 N–H and O–H groups in total. The van der Waals surface area contributed by atoms with E-state index in [0.29, 0.717) is 0 Å². The lowest BCUT2D eigenvalue weighted by Crippen LogP contribution is -2.35. The summed E-state index contributed by atoms with van der Waals surface area (Å²) < 4.78 is 50.8. The maximum atomic E-state index is 13.9. The molecule has 1 aliphatic rings. The zero-order valence-corrected chi connectivity index (χ0v) is 16.8. The first-order valence-electron chi connectivity index (χ1n) is 9.20. The van der Waals surface area contributed by atoms with Crippen molar-refractivity contribution in [1.82, 2.24) is 0 Å². The Hall–Kier alpha value is -2.74. The lowest BCUT2D eigenvalue weighted by molar-refractivity contribution is -0.164. The Kier molecular flexibility index (Phi) is 5.75. The van der Waals surface area contributed by atoms with E-state index in [1.165, 1.54) is 30.3 Å². The van der Waals surface area contributed by atoms with Crippen LogP contribution in [0.3, 0.4) is 0 Å². The van der Waals surface area contributed by atoms with E-state index >= 15 is 0 Å². The highest BCUT2D eigenvalue weighted by atomic mass is 32.2. The maximum Gasteiger partial charge on any atom is 0.325 e. The Balaban J connectivity index is 2.21. The Morgan fingerprint density at radius 2 is 1.55 bits per heavy atom. The Morgan fingerprint density at radius 1 is 0.966 bits per heavy atom. The lowest BCUT2D eigenvalue weighted by Gasteiger charge is -2.15. The molecule has 1 fully saturated rings. The molecule has 0 bridgehead atoms. The summed E-state index contributed by atoms with van der Waals surface area (Å²) in [6, 6.07) is 12.7. The van der Waals surface area contributed by atoms with Crippen molar-refractivity contribution < 1.29 is 31.9 Å². The topological polar surface area (TPSA) is 86.7 Å². The predicted molar refractivity (Wildman–Crippen MR) is 102 cm³/mol. The van der Waals surface area contributed by atoms with E-state index in [-0.39, 0.29) is 23.7 Å². The molecule has 0 unspecified atom stereocenters. The van der Waals surface area contributed by atoms with E-state index in [1.54, 1.807) is 32.0 Å². The molecule has 6 nitrogen and oxygen atoms in total. The van der Waals surface area contributed by atoms with Gasteiger partial charge < -0.3 is 9.47 Å². The van der Waals surface area contributed by atoms with Crippen LogP contribution >= 0.6 is 0 Å². The maximum absolute atomic E-state index is 13.9. The molecular weight excluding hydrogens is 399 g/mol. The summed E-state index contributed by atoms with van der Waals surface area (Å²) in [5, 5.41) is -1.46. The van der Waals surface area contributed by atoms with Gasteiger partial charge in [0.2, 0.25) is 0 Å². The first-order valence-corrected chi connectivity index (χ1v) is 10.7. The van der Waals surface area contributed by atoms with Crippen molar-refractivity contribution in [3.05, 3.63) is 66.0 Å². The van der Waals surface area contributed by atoms with Crippen LogP contribution in [-0.4, -0.2) is 38.8 Å². The summed E-state index contributed by atoms with van der Waals surface area (Å²) in [6.07, 6.45) is 0. The van der Waals surface area contributed by atoms with Crippen molar-refractivity contribution in [2.24, 2.45) is 5.41 Å². The van der Waals surface area contributed by atoms with Crippen LogP contribution in [0, 0.1) is 11.2 Å². The third-order valence-corrected chi connectivity index (χ3v) is 7.21. The molecule has 29 heavy (non-hydrogen) atoms. The second kappa shape index (κ2) is 7.94. The average Bonchev–Trinajstić information content (AvgIpc) is 3.42. The van der Waals surface area contributed by atoms with Gasteiger partial charge in [-0.15, -0.1) is 0 Å². The minimum absolute atomic E-state index is 0.0399. The largest absolute Gasteiger partial charge is 0.465 e. The fourth-order valence-electron chi connectivity index (χ4n) is 3.75. The van der Waals surface area contributed by atoms with Crippen LogP contribution in [0.4, 0.5) is 4.39 Å². The first kappa shape index (κ1) is 21.0. The number of sulfone groups is 1. The summed E-state index contributed by atoms with van der Waals surface area (Å²) in [4.78, 5) is 25.8. The summed E-state index contributed by atoms with van der Waals surface area (Å²) in [5.41, 5.74) is -1.87. The van der Waals surface area contributed by atoms with Gasteiger partial charge in [0.1, 0.15) is 11.1 Å². The molecule has 8 heteroatoms. The zero-order valence-electron chi connectivity index (χ0n) is 16.0. The third kappa shape index (κ3) is 3.42. The van der Waals surface area contributed by atoms with Crippen LogP contribution < -0.4 is 0 Å². The fourth-order valence-corrected chi connectivity index (χ4v) is 6.05. The van der Waals surface area contributed by atoms with Crippen LogP contribution in [0.1, 0.15) is 25.3 Å². The van der Waals surface area contributed by atoms with Crippen molar-refractivity contribution in [2.45, 2.75) is 29.9 Å². The second-order valence-corrected chi connectivity index (χ2v) is 8.69. The van der Waals surface area contributed by atoms with Crippen molar-refractivity contribution in [2.75, 3.05) is 13.2 Å². The van der Waals surface area contributed by atoms with Crippen LogP contribution in [0.5, 0.6) is 0 Å². The van der Waals surface area contributed by atoms with Gasteiger partial charge in [0.05, 0.1) is 18.1 Å². The molecule has 0 spiro atoms. The molecule has 0 saturated heterocycles. The van der Waals surface area contributed by atoms with Gasteiger partial charge in [-0.25, -0.2) is 12.8 Å². The summed E-state index contributed by atoms with van der Waals surface area (Å²) in [6.45, 7) is 3.01. The normalized spacial score (nSPS) is 20.0. The van der Waals surface area contributed by atoms with Gasteiger partial charge in [-0.3, -0.25) is 9.59 Å². The molecule has 154 valence electrons. The minimum Gasteiger partial charge on any atom is -0.465 e. The molecule has 2 aromatic rings. The van der Waals surface area contributed by atoms with E-state index < -0.39 is 44.2 Å². The van der Waals surface area contributed by atoms with Gasteiger partial charge >= 0.3 is 11.9 Å². The van der Waals surface area contributed by atoms with Crippen molar-refractivity contribution >= 4 is 21.8 Å². The Bertz CT molecular complexity index is 1000. The quantitative estimate of drug-likeness (QED) is 0.506. The molecule has 3 rings (SSSR count). The van der Waals surface area contributed by atoms with Crippen LogP contribution in [0.15, 0.2) is 59.5 Å². The van der Waals surface area contributed by atoms with Gasteiger partial charge in [-0.1, -0.05) is 30.3 Å². The predicted octanol–water partition coefficient (Wildman–Crippen LogP) is 2.88. The van der Waals surface area contributed by atoms with Crippen molar-refractivity contribution in [3.8, 4) is 0 Å². The summed E-state index contributed by atoms with van der Waals surface area (Å²) in [7, 11) is -4.13. The molecule has 0 aromatic heterocycles. The van der Waals surface area contributed by atoms with Crippen LogP contribution in [-0.2, 0) is 28.9 Å². The zero-order chi connectivity index (χ0) is 21.2. The lowest BCUT2D eigenvalue weighted by atomic mass is 9.99. The number of esters is 2. The Labute approximate surface area is 168 Å². The smallest absolute Gasteiger partial charge is 0.325 e. The van der Waals surface area contributed by atoms with Crippen molar-refractivity contribution in [1.29, 1.82) is 0 Å². The van der Waals surface area contributed by atoms with E-state index in [9.17, 15) is 22.4 Å². The number of rotatable bonds is 7. The fraction of sp³-hybridized carbons (Fsp3) is 0.333. The number of carbonyl (C=O) groups excluding carboxylic acids is 2. The molecule has 1 aliphatic carbocycles. The number of hydrogen-bond acceptors (Lipinski definition) is 6. The SMILES string of the molecule is CCOC(=O)C1(C(=O)OCC)[C@H](c2cccc(F)c2)[C@H]1S(=O)(=O)c1ccccc1. The van der Waals surface area contributed by atoms with Crippen molar-refractivity contribution in [3.63, 3.8) is 0 Å². The molecule has 0 aliphatic heterocycles. The van der Waals surface area contributed by atoms with Gasteiger partial charge in [-0.05, 0) is 43.7 Å². The molecule has 2 aromatic carbocycles. The highest BCUT2D eigenvalue weighted by Gasteiger charge is 2.81. The number of ether oxygens (including phenoxy) is 2. The van der Waals surface area contributed by atoms with Gasteiger partial charge in [-0.2, -0.15) is 0 Å².